The average Bonchev–Trinajstić information content (AvgIpc) is 2.46. The Hall–Kier alpha value is -2.36. The summed E-state index contributed by atoms with van der Waals surface area (Å²) < 4.78 is 0. The van der Waals surface area contributed by atoms with Crippen molar-refractivity contribution in [3.05, 3.63) is 69.8 Å². The second-order valence-corrected chi connectivity index (χ2v) is 6.02. The molecule has 0 spiro atoms. The fourth-order valence-electron chi connectivity index (χ4n) is 3.13. The zero-order valence-electron chi connectivity index (χ0n) is 12.3. The Bertz CT molecular complexity index is 645. The van der Waals surface area contributed by atoms with Gasteiger partial charge < -0.3 is 5.11 Å². The Balaban J connectivity index is 1.80. The number of phenolic OH excluding ortho intramolecular Hbond substituents is 1. The van der Waals surface area contributed by atoms with Crippen molar-refractivity contribution in [3.8, 4) is 5.75 Å². The summed E-state index contributed by atoms with van der Waals surface area (Å²) in [4.78, 5) is 10.4. The van der Waals surface area contributed by atoms with Crippen LogP contribution in [-0.4, -0.2) is 10.0 Å². The number of nitrogens with zero attached hydrogens (tertiary/aromatic N) is 1. The molecule has 1 N–H and O–H groups in total. The molecule has 0 radical (unpaired) electrons. The molecule has 4 nitrogen and oxygen atoms in total. The van der Waals surface area contributed by atoms with E-state index < -0.39 is 0 Å². The van der Waals surface area contributed by atoms with Gasteiger partial charge in [-0.1, -0.05) is 30.7 Å². The molecule has 0 aliphatic heterocycles. The molecule has 0 amide bonds. The summed E-state index contributed by atoms with van der Waals surface area (Å²) in [6.45, 7) is 0. The summed E-state index contributed by atoms with van der Waals surface area (Å²) in [6, 6.07) is 14.3. The lowest BCUT2D eigenvalue weighted by atomic mass is 9.71. The number of phenols is 1. The third-order valence-electron chi connectivity index (χ3n) is 4.64. The van der Waals surface area contributed by atoms with Gasteiger partial charge in [0, 0.05) is 12.1 Å². The molecule has 0 bridgehead atoms. The van der Waals surface area contributed by atoms with Gasteiger partial charge in [-0.3, -0.25) is 10.1 Å². The number of hydrogen-bond donors (Lipinski definition) is 1. The first-order chi connectivity index (χ1) is 10.6. The lowest BCUT2D eigenvalue weighted by Gasteiger charge is -2.34. The van der Waals surface area contributed by atoms with Crippen LogP contribution in [0.3, 0.4) is 0 Å². The number of hydrogen-bond acceptors (Lipinski definition) is 3. The van der Waals surface area contributed by atoms with Gasteiger partial charge >= 0.3 is 0 Å². The van der Waals surface area contributed by atoms with E-state index in [1.165, 1.54) is 24.8 Å². The van der Waals surface area contributed by atoms with E-state index in [1.807, 2.05) is 24.3 Å². The Morgan fingerprint density at radius 3 is 2.23 bits per heavy atom. The first-order valence-electron chi connectivity index (χ1n) is 7.66. The van der Waals surface area contributed by atoms with Crippen molar-refractivity contribution in [2.75, 3.05) is 0 Å². The quantitative estimate of drug-likeness (QED) is 0.656. The summed E-state index contributed by atoms with van der Waals surface area (Å²) in [5.41, 5.74) is 2.49. The lowest BCUT2D eigenvalue weighted by Crippen LogP contribution is -2.22. The standard InChI is InChI=1S/C18H19NO3/c20-17-10-6-15(7-11-17)18(14-2-1-3-14)12-13-4-8-16(9-5-13)19(21)22/h4-11,14,18,20H,1-3,12H2. The van der Waals surface area contributed by atoms with Crippen LogP contribution in [0.2, 0.25) is 0 Å². The normalized spacial score (nSPS) is 16.0. The van der Waals surface area contributed by atoms with E-state index in [9.17, 15) is 15.2 Å². The highest BCUT2D eigenvalue weighted by molar-refractivity contribution is 5.35. The molecule has 22 heavy (non-hydrogen) atoms. The number of nitro benzene ring substituents is 1. The summed E-state index contributed by atoms with van der Waals surface area (Å²) >= 11 is 0. The van der Waals surface area contributed by atoms with E-state index in [2.05, 4.69) is 0 Å². The molecule has 0 heterocycles. The molecule has 1 aliphatic carbocycles. The van der Waals surface area contributed by atoms with Crippen LogP contribution in [0.25, 0.3) is 0 Å². The van der Waals surface area contributed by atoms with E-state index >= 15 is 0 Å². The van der Waals surface area contributed by atoms with Crippen LogP contribution < -0.4 is 0 Å². The molecule has 4 heteroatoms. The molecule has 1 unspecified atom stereocenters. The maximum atomic E-state index is 10.7. The number of rotatable bonds is 5. The highest BCUT2D eigenvalue weighted by atomic mass is 16.6. The van der Waals surface area contributed by atoms with Crippen molar-refractivity contribution < 1.29 is 10.0 Å². The number of aromatic hydroxyl groups is 1. The van der Waals surface area contributed by atoms with E-state index in [0.29, 0.717) is 11.8 Å². The molecule has 0 aromatic heterocycles. The highest BCUT2D eigenvalue weighted by Gasteiger charge is 2.28. The van der Waals surface area contributed by atoms with Crippen LogP contribution in [0.1, 0.15) is 36.3 Å². The minimum Gasteiger partial charge on any atom is -0.508 e. The largest absolute Gasteiger partial charge is 0.508 e. The topological polar surface area (TPSA) is 63.4 Å². The van der Waals surface area contributed by atoms with Crippen LogP contribution in [0.5, 0.6) is 5.75 Å². The summed E-state index contributed by atoms with van der Waals surface area (Å²) in [7, 11) is 0. The summed E-state index contributed by atoms with van der Waals surface area (Å²) in [5, 5.41) is 20.2. The fourth-order valence-corrected chi connectivity index (χ4v) is 3.13. The molecule has 2 aromatic rings. The van der Waals surface area contributed by atoms with Crippen molar-refractivity contribution in [2.45, 2.75) is 31.6 Å². The molecule has 1 atom stereocenters. The third-order valence-corrected chi connectivity index (χ3v) is 4.64. The maximum absolute atomic E-state index is 10.7. The zero-order chi connectivity index (χ0) is 15.5. The lowest BCUT2D eigenvalue weighted by molar-refractivity contribution is -0.384. The van der Waals surface area contributed by atoms with Crippen LogP contribution in [0.15, 0.2) is 48.5 Å². The van der Waals surface area contributed by atoms with E-state index in [1.54, 1.807) is 24.3 Å². The average molecular weight is 297 g/mol. The molecule has 1 fully saturated rings. The van der Waals surface area contributed by atoms with Gasteiger partial charge in [0.05, 0.1) is 4.92 Å². The molecule has 1 aliphatic rings. The zero-order valence-corrected chi connectivity index (χ0v) is 12.3. The van der Waals surface area contributed by atoms with Gasteiger partial charge in [0.25, 0.3) is 5.69 Å². The second kappa shape index (κ2) is 6.18. The second-order valence-electron chi connectivity index (χ2n) is 6.02. The molecule has 1 saturated carbocycles. The summed E-state index contributed by atoms with van der Waals surface area (Å²) in [5.74, 6) is 1.36. The Morgan fingerprint density at radius 1 is 1.09 bits per heavy atom. The van der Waals surface area contributed by atoms with E-state index in [-0.39, 0.29) is 16.4 Å². The Morgan fingerprint density at radius 2 is 1.73 bits per heavy atom. The van der Waals surface area contributed by atoms with Crippen molar-refractivity contribution >= 4 is 5.69 Å². The van der Waals surface area contributed by atoms with Crippen LogP contribution >= 0.6 is 0 Å². The Labute approximate surface area is 129 Å². The fraction of sp³-hybridized carbons (Fsp3) is 0.333. The minimum atomic E-state index is -0.368. The summed E-state index contributed by atoms with van der Waals surface area (Å²) in [6.07, 6.45) is 4.63. The first kappa shape index (κ1) is 14.6. The molecule has 2 aromatic carbocycles. The Kier molecular flexibility index (Phi) is 4.09. The van der Waals surface area contributed by atoms with Gasteiger partial charge in [-0.15, -0.1) is 0 Å². The molecular formula is C18H19NO3. The number of nitro groups is 1. The minimum absolute atomic E-state index is 0.133. The van der Waals surface area contributed by atoms with Crippen molar-refractivity contribution in [3.63, 3.8) is 0 Å². The van der Waals surface area contributed by atoms with Crippen molar-refractivity contribution in [1.29, 1.82) is 0 Å². The van der Waals surface area contributed by atoms with Gasteiger partial charge in [-0.2, -0.15) is 0 Å². The maximum Gasteiger partial charge on any atom is 0.269 e. The molecule has 0 saturated heterocycles. The van der Waals surface area contributed by atoms with Crippen molar-refractivity contribution in [1.82, 2.24) is 0 Å². The van der Waals surface area contributed by atoms with E-state index in [4.69, 9.17) is 0 Å². The highest BCUT2D eigenvalue weighted by Crippen LogP contribution is 2.41. The van der Waals surface area contributed by atoms with Gasteiger partial charge in [-0.05, 0) is 54.4 Å². The first-order valence-corrected chi connectivity index (χ1v) is 7.66. The predicted octanol–water partition coefficient (Wildman–Crippen LogP) is 4.43. The molecular weight excluding hydrogens is 278 g/mol. The number of benzene rings is 2. The van der Waals surface area contributed by atoms with E-state index in [0.717, 1.165) is 12.0 Å². The van der Waals surface area contributed by atoms with Crippen molar-refractivity contribution in [2.24, 2.45) is 5.92 Å². The van der Waals surface area contributed by atoms with Gasteiger partial charge in [0.2, 0.25) is 0 Å². The van der Waals surface area contributed by atoms with Crippen LogP contribution in [0.4, 0.5) is 5.69 Å². The monoisotopic (exact) mass is 297 g/mol. The molecule has 3 rings (SSSR count). The van der Waals surface area contributed by atoms with Crippen LogP contribution in [-0.2, 0) is 6.42 Å². The molecule has 114 valence electrons. The predicted molar refractivity (Wildman–Crippen MR) is 85.0 cm³/mol. The smallest absolute Gasteiger partial charge is 0.269 e. The van der Waals surface area contributed by atoms with Gasteiger partial charge in [0.15, 0.2) is 0 Å². The SMILES string of the molecule is O=[N+]([O-])c1ccc(CC(c2ccc(O)cc2)C2CCC2)cc1. The van der Waals surface area contributed by atoms with Gasteiger partial charge in [0.1, 0.15) is 5.75 Å². The van der Waals surface area contributed by atoms with Gasteiger partial charge in [-0.25, -0.2) is 0 Å². The third kappa shape index (κ3) is 3.11. The number of non-ortho nitro benzene ring substituents is 1. The van der Waals surface area contributed by atoms with Crippen LogP contribution in [0, 0.1) is 16.0 Å².